The number of rotatable bonds is 4. The molecule has 0 saturated heterocycles. The minimum Gasteiger partial charge on any atom is -0.399 e. The van der Waals surface area contributed by atoms with Crippen molar-refractivity contribution in [3.8, 4) is 16.9 Å². The number of nitrogens with two attached hydrogens (primary N) is 1. The Bertz CT molecular complexity index is 1010. The van der Waals surface area contributed by atoms with Gasteiger partial charge in [-0.25, -0.2) is 0 Å². The van der Waals surface area contributed by atoms with E-state index in [1.807, 2.05) is 33.9 Å². The Hall–Kier alpha value is -1.71. The summed E-state index contributed by atoms with van der Waals surface area (Å²) in [5.74, 6) is -0.390. The predicted octanol–water partition coefficient (Wildman–Crippen LogP) is 5.53. The Morgan fingerprint density at radius 3 is 1.97 bits per heavy atom. The number of anilines is 1. The molecule has 0 unspecified atom stereocenters. The van der Waals surface area contributed by atoms with Crippen LogP contribution in [0.25, 0.3) is 11.1 Å². The Labute approximate surface area is 175 Å². The number of benzene rings is 2. The molecule has 0 saturated carbocycles. The van der Waals surface area contributed by atoms with Crippen LogP contribution in [0.1, 0.15) is 20.8 Å². The Morgan fingerprint density at radius 2 is 1.52 bits per heavy atom. The molecule has 29 heavy (non-hydrogen) atoms. The van der Waals surface area contributed by atoms with Gasteiger partial charge in [-0.2, -0.15) is 21.6 Å². The summed E-state index contributed by atoms with van der Waals surface area (Å²) in [6.45, 7) is 9.64. The molecule has 0 bridgehead atoms. The van der Waals surface area contributed by atoms with Crippen LogP contribution in [0.5, 0.6) is 5.75 Å². The van der Waals surface area contributed by atoms with Crippen molar-refractivity contribution in [1.82, 2.24) is 0 Å². The van der Waals surface area contributed by atoms with Crippen LogP contribution in [0.4, 0.5) is 18.9 Å². The smallest absolute Gasteiger partial charge is 0.399 e. The van der Waals surface area contributed by atoms with E-state index >= 15 is 0 Å². The average Bonchev–Trinajstić information content (AvgIpc) is 2.52. The summed E-state index contributed by atoms with van der Waals surface area (Å²) >= 11 is 5.89. The highest BCUT2D eigenvalue weighted by atomic mass is 35.5. The lowest BCUT2D eigenvalue weighted by Crippen LogP contribution is -2.51. The molecule has 0 radical (unpaired) electrons. The van der Waals surface area contributed by atoms with Crippen molar-refractivity contribution in [2.75, 3.05) is 5.73 Å². The van der Waals surface area contributed by atoms with E-state index in [4.69, 9.17) is 17.3 Å². The molecule has 0 aromatic heterocycles. The zero-order valence-electron chi connectivity index (χ0n) is 16.7. The number of nitrogen functional groups attached to an aromatic ring is 1. The van der Waals surface area contributed by atoms with Gasteiger partial charge in [0.15, 0.2) is 0 Å². The van der Waals surface area contributed by atoms with Gasteiger partial charge in [-0.05, 0) is 40.4 Å². The molecule has 2 aromatic carbocycles. The molecule has 2 aromatic rings. The third-order valence-electron chi connectivity index (χ3n) is 5.29. The van der Waals surface area contributed by atoms with Crippen LogP contribution in [-0.4, -0.2) is 22.0 Å². The van der Waals surface area contributed by atoms with E-state index in [2.05, 4.69) is 4.18 Å². The summed E-state index contributed by atoms with van der Waals surface area (Å²) in [6.07, 6.45) is 0. The lowest BCUT2D eigenvalue weighted by Gasteiger charge is -2.39. The van der Waals surface area contributed by atoms with E-state index in [1.54, 1.807) is 30.3 Å². The molecule has 0 spiro atoms. The molecule has 0 aliphatic carbocycles. The number of hydrogen-bond acceptors (Lipinski definition) is 4. The van der Waals surface area contributed by atoms with Gasteiger partial charge in [-0.3, -0.25) is 0 Å². The second kappa shape index (κ2) is 7.52. The first-order chi connectivity index (χ1) is 13.0. The zero-order chi connectivity index (χ0) is 22.4. The van der Waals surface area contributed by atoms with Crippen molar-refractivity contribution < 1.29 is 25.8 Å². The molecule has 0 aliphatic heterocycles. The minimum atomic E-state index is -5.86. The van der Waals surface area contributed by atoms with Gasteiger partial charge in [0.25, 0.3) is 0 Å². The van der Waals surface area contributed by atoms with E-state index in [0.717, 1.165) is 0 Å². The first-order valence-corrected chi connectivity index (χ1v) is 13.5. The van der Waals surface area contributed by atoms with E-state index in [-0.39, 0.29) is 16.5 Å². The summed E-state index contributed by atoms with van der Waals surface area (Å²) in [6, 6.07) is 9.45. The molecule has 0 heterocycles. The highest BCUT2D eigenvalue weighted by Crippen LogP contribution is 2.41. The normalized spacial score (nSPS) is 13.4. The summed E-state index contributed by atoms with van der Waals surface area (Å²) < 4.78 is 67.2. The maximum absolute atomic E-state index is 13.0. The van der Waals surface area contributed by atoms with E-state index in [0.29, 0.717) is 21.3 Å². The molecule has 4 nitrogen and oxygen atoms in total. The number of alkyl halides is 3. The van der Waals surface area contributed by atoms with Crippen LogP contribution < -0.4 is 15.1 Å². The second-order valence-electron chi connectivity index (χ2n) is 8.30. The van der Waals surface area contributed by atoms with Crippen molar-refractivity contribution in [1.29, 1.82) is 0 Å². The fourth-order valence-electron chi connectivity index (χ4n) is 2.72. The topological polar surface area (TPSA) is 69.4 Å². The van der Waals surface area contributed by atoms with Gasteiger partial charge < -0.3 is 9.92 Å². The predicted molar refractivity (Wildman–Crippen MR) is 114 cm³/mol. The number of halogens is 4. The van der Waals surface area contributed by atoms with Gasteiger partial charge >= 0.3 is 15.6 Å². The minimum absolute atomic E-state index is 0.191. The van der Waals surface area contributed by atoms with Crippen LogP contribution in [-0.2, 0) is 10.1 Å². The summed E-state index contributed by atoms with van der Waals surface area (Å²) in [5.41, 5.74) is 1.92. The second-order valence-corrected chi connectivity index (χ2v) is 15.5. The van der Waals surface area contributed by atoms with Gasteiger partial charge in [0.1, 0.15) is 5.75 Å². The van der Waals surface area contributed by atoms with Gasteiger partial charge in [0.2, 0.25) is 0 Å². The quantitative estimate of drug-likeness (QED) is 0.279. The van der Waals surface area contributed by atoms with Crippen LogP contribution in [0.2, 0.25) is 23.2 Å². The molecular formula is C19H23ClF3NO3SSi. The van der Waals surface area contributed by atoms with Crippen LogP contribution >= 0.6 is 11.6 Å². The van der Waals surface area contributed by atoms with E-state index in [1.165, 1.54) is 6.07 Å². The SMILES string of the molecule is CC(C)(C)[Si](C)(C)c1c(N)cc(-c2ccc(Cl)cc2)cc1OS(=O)(=O)C(F)(F)F. The lowest BCUT2D eigenvalue weighted by molar-refractivity contribution is -0.0499. The molecule has 10 heteroatoms. The summed E-state index contributed by atoms with van der Waals surface area (Å²) in [5, 5.41) is 0.481. The summed E-state index contributed by atoms with van der Waals surface area (Å²) in [4.78, 5) is 0. The first-order valence-electron chi connectivity index (χ1n) is 8.68. The Morgan fingerprint density at radius 1 is 1.00 bits per heavy atom. The first kappa shape index (κ1) is 23.6. The van der Waals surface area contributed by atoms with Gasteiger partial charge in [-0.1, -0.05) is 57.6 Å². The fraction of sp³-hybridized carbons (Fsp3) is 0.368. The highest BCUT2D eigenvalue weighted by Gasteiger charge is 2.50. The molecule has 2 N–H and O–H groups in total. The van der Waals surface area contributed by atoms with Gasteiger partial charge in [-0.15, -0.1) is 0 Å². The molecular weight excluding hydrogens is 443 g/mol. The van der Waals surface area contributed by atoms with E-state index in [9.17, 15) is 21.6 Å². The monoisotopic (exact) mass is 465 g/mol. The summed E-state index contributed by atoms with van der Waals surface area (Å²) in [7, 11) is -8.42. The third-order valence-corrected chi connectivity index (χ3v) is 12.0. The van der Waals surface area contributed by atoms with E-state index < -0.39 is 23.7 Å². The van der Waals surface area contributed by atoms with Crippen LogP contribution in [0, 0.1) is 0 Å². The van der Waals surface area contributed by atoms with Crippen molar-refractivity contribution in [2.24, 2.45) is 0 Å². The maximum atomic E-state index is 13.0. The Kier molecular flexibility index (Phi) is 6.11. The molecule has 160 valence electrons. The lowest BCUT2D eigenvalue weighted by atomic mass is 10.0. The van der Waals surface area contributed by atoms with Gasteiger partial charge in [0.05, 0.1) is 8.07 Å². The molecule has 0 fully saturated rings. The average molecular weight is 466 g/mol. The van der Waals surface area contributed by atoms with Crippen LogP contribution in [0.3, 0.4) is 0 Å². The van der Waals surface area contributed by atoms with Crippen molar-refractivity contribution >= 4 is 40.7 Å². The van der Waals surface area contributed by atoms with Crippen molar-refractivity contribution in [2.45, 2.75) is 44.4 Å². The Balaban J connectivity index is 2.79. The largest absolute Gasteiger partial charge is 0.534 e. The molecule has 0 amide bonds. The fourth-order valence-corrected chi connectivity index (χ4v) is 5.67. The number of hydrogen-bond donors (Lipinski definition) is 1. The molecule has 0 atom stereocenters. The molecule has 0 aliphatic rings. The third kappa shape index (κ3) is 4.72. The highest BCUT2D eigenvalue weighted by molar-refractivity contribution is 7.88. The van der Waals surface area contributed by atoms with Crippen molar-refractivity contribution in [3.63, 3.8) is 0 Å². The van der Waals surface area contributed by atoms with Crippen LogP contribution in [0.15, 0.2) is 36.4 Å². The standard InChI is InChI=1S/C19H23ClF3NO3SSi/c1-18(2,3)29(4,5)17-15(24)10-13(12-6-8-14(20)9-7-12)11-16(17)27-28(25,26)19(21,22)23/h6-11H,24H2,1-5H3. The van der Waals surface area contributed by atoms with Gasteiger partial charge in [0, 0.05) is 15.9 Å². The maximum Gasteiger partial charge on any atom is 0.534 e. The zero-order valence-corrected chi connectivity index (χ0v) is 19.3. The van der Waals surface area contributed by atoms with Crippen molar-refractivity contribution in [3.05, 3.63) is 41.4 Å². The molecule has 2 rings (SSSR count).